The largest absolute Gasteiger partial charge is 0.506 e. The summed E-state index contributed by atoms with van der Waals surface area (Å²) in [7, 11) is 3.50. The van der Waals surface area contributed by atoms with Crippen molar-refractivity contribution in [2.45, 2.75) is 38.0 Å². The van der Waals surface area contributed by atoms with Gasteiger partial charge in [0.25, 0.3) is 5.91 Å². The first-order chi connectivity index (χ1) is 20.3. The van der Waals surface area contributed by atoms with E-state index in [1.807, 2.05) is 23.7 Å². The second kappa shape index (κ2) is 10.1. The number of halogens is 1. The van der Waals surface area contributed by atoms with Crippen LogP contribution >= 0.6 is 0 Å². The summed E-state index contributed by atoms with van der Waals surface area (Å²) >= 11 is 0. The molecule has 42 heavy (non-hydrogen) atoms. The van der Waals surface area contributed by atoms with Gasteiger partial charge in [0.2, 0.25) is 0 Å². The van der Waals surface area contributed by atoms with Crippen molar-refractivity contribution in [1.29, 1.82) is 0 Å². The maximum atomic E-state index is 14.2. The molecule has 2 aliphatic rings. The Morgan fingerprint density at radius 1 is 1.14 bits per heavy atom. The maximum Gasteiger partial charge on any atom is 0.254 e. The maximum absolute atomic E-state index is 14.2. The van der Waals surface area contributed by atoms with E-state index >= 15 is 0 Å². The highest BCUT2D eigenvalue weighted by Crippen LogP contribution is 2.38. The Kier molecular flexibility index (Phi) is 6.34. The Hall–Kier alpha value is -4.51. The molecule has 3 N–H and O–H groups in total. The van der Waals surface area contributed by atoms with Crippen molar-refractivity contribution in [3.05, 3.63) is 54.4 Å². The number of fused-ring (bicyclic) bond motifs is 2. The van der Waals surface area contributed by atoms with E-state index in [1.165, 1.54) is 11.1 Å². The molecule has 10 nitrogen and oxygen atoms in total. The number of ether oxygens (including phenoxy) is 1. The summed E-state index contributed by atoms with van der Waals surface area (Å²) in [5, 5.41) is 10.9. The molecule has 0 spiro atoms. The summed E-state index contributed by atoms with van der Waals surface area (Å²) < 4.78 is 24.2. The molecule has 216 valence electrons. The van der Waals surface area contributed by atoms with Gasteiger partial charge in [0.15, 0.2) is 5.82 Å². The molecule has 1 aromatic carbocycles. The summed E-state index contributed by atoms with van der Waals surface area (Å²) in [6.45, 7) is 1.13. The van der Waals surface area contributed by atoms with Crippen molar-refractivity contribution in [2.75, 3.05) is 20.2 Å². The zero-order chi connectivity index (χ0) is 29.1. The number of imidazole rings is 1. The quantitative estimate of drug-likeness (QED) is 0.313. The van der Waals surface area contributed by atoms with Crippen LogP contribution < -0.4 is 10.5 Å². The molecule has 0 radical (unpaired) electrons. The van der Waals surface area contributed by atoms with Crippen molar-refractivity contribution >= 4 is 28.0 Å². The summed E-state index contributed by atoms with van der Waals surface area (Å²) in [6, 6.07) is 10.7. The van der Waals surface area contributed by atoms with E-state index in [0.717, 1.165) is 58.7 Å². The van der Waals surface area contributed by atoms with Gasteiger partial charge in [-0.2, -0.15) is 0 Å². The average molecular weight is 570 g/mol. The molecular formula is C31H32FN7O3. The van der Waals surface area contributed by atoms with Crippen LogP contribution in [0.4, 0.5) is 4.39 Å². The van der Waals surface area contributed by atoms with Gasteiger partial charge in [0.05, 0.1) is 36.8 Å². The molecule has 1 saturated carbocycles. The molecule has 1 aliphatic carbocycles. The van der Waals surface area contributed by atoms with Crippen LogP contribution in [-0.2, 0) is 13.6 Å². The number of rotatable bonds is 6. The van der Waals surface area contributed by atoms with Crippen LogP contribution in [0.2, 0.25) is 0 Å². The number of nitrogens with zero attached hydrogens (tertiary/aromatic N) is 6. The lowest BCUT2D eigenvalue weighted by Crippen LogP contribution is -2.50. The van der Waals surface area contributed by atoms with Gasteiger partial charge in [-0.05, 0) is 61.6 Å². The average Bonchev–Trinajstić information content (AvgIpc) is 3.65. The normalized spacial score (nSPS) is 19.1. The Balaban J connectivity index is 1.34. The number of aryl methyl sites for hydroxylation is 1. The van der Waals surface area contributed by atoms with Gasteiger partial charge in [-0.25, -0.2) is 14.4 Å². The highest BCUT2D eigenvalue weighted by atomic mass is 19.1. The van der Waals surface area contributed by atoms with E-state index in [2.05, 4.69) is 15.6 Å². The van der Waals surface area contributed by atoms with E-state index in [0.29, 0.717) is 29.3 Å². The van der Waals surface area contributed by atoms with Crippen molar-refractivity contribution < 1.29 is 19.0 Å². The number of benzene rings is 1. The van der Waals surface area contributed by atoms with Crippen LogP contribution in [0.3, 0.4) is 0 Å². The Labute approximate surface area is 241 Å². The number of carbonyl (C=O) groups excluding carboxylic acids is 1. The van der Waals surface area contributed by atoms with Crippen LogP contribution in [0.5, 0.6) is 11.5 Å². The first-order valence-electron chi connectivity index (χ1n) is 14.2. The van der Waals surface area contributed by atoms with Gasteiger partial charge in [-0.1, -0.05) is 0 Å². The lowest BCUT2D eigenvalue weighted by molar-refractivity contribution is 0.0606. The van der Waals surface area contributed by atoms with Crippen LogP contribution in [0, 0.1) is 5.92 Å². The van der Waals surface area contributed by atoms with Crippen molar-refractivity contribution in [3.63, 3.8) is 0 Å². The van der Waals surface area contributed by atoms with Crippen molar-refractivity contribution in [1.82, 2.24) is 29.0 Å². The van der Waals surface area contributed by atoms with Crippen LogP contribution in [0.15, 0.2) is 48.8 Å². The monoisotopic (exact) mass is 569 g/mol. The van der Waals surface area contributed by atoms with Gasteiger partial charge in [0, 0.05) is 48.9 Å². The van der Waals surface area contributed by atoms with Gasteiger partial charge < -0.3 is 29.6 Å². The third-order valence-electron chi connectivity index (χ3n) is 8.25. The number of alkyl halides is 1. The second-order valence-electron chi connectivity index (χ2n) is 11.5. The number of carbonyl (C=O) groups is 1. The Morgan fingerprint density at radius 3 is 2.71 bits per heavy atom. The van der Waals surface area contributed by atoms with E-state index in [9.17, 15) is 14.3 Å². The number of aromatic hydroxyl groups is 1. The highest BCUT2D eigenvalue weighted by Gasteiger charge is 2.30. The first kappa shape index (κ1) is 26.4. The number of amides is 1. The molecule has 1 aliphatic heterocycles. The predicted octanol–water partition coefficient (Wildman–Crippen LogP) is 4.29. The fourth-order valence-electron chi connectivity index (χ4n) is 6.03. The Morgan fingerprint density at radius 2 is 1.98 bits per heavy atom. The molecule has 5 aromatic rings. The molecular weight excluding hydrogens is 537 g/mol. The van der Waals surface area contributed by atoms with E-state index in [1.54, 1.807) is 31.5 Å². The lowest BCUT2D eigenvalue weighted by Gasteiger charge is -2.33. The smallest absolute Gasteiger partial charge is 0.254 e. The molecule has 4 aromatic heterocycles. The third-order valence-corrected chi connectivity index (χ3v) is 8.25. The molecule has 5 heterocycles. The number of hydrogen-bond donors (Lipinski definition) is 2. The minimum Gasteiger partial charge on any atom is -0.506 e. The summed E-state index contributed by atoms with van der Waals surface area (Å²) in [4.78, 5) is 29.0. The van der Waals surface area contributed by atoms with Gasteiger partial charge in [-0.15, -0.1) is 0 Å². The molecule has 1 amide bonds. The van der Waals surface area contributed by atoms with E-state index in [-0.39, 0.29) is 24.6 Å². The van der Waals surface area contributed by atoms with Crippen molar-refractivity contribution in [3.8, 4) is 34.3 Å². The van der Waals surface area contributed by atoms with Crippen molar-refractivity contribution in [2.24, 2.45) is 18.7 Å². The fourth-order valence-corrected chi connectivity index (χ4v) is 6.03. The minimum absolute atomic E-state index is 0.0231. The summed E-state index contributed by atoms with van der Waals surface area (Å²) in [6.07, 6.45) is 4.52. The number of nitrogens with two attached hydrogens (primary N) is 1. The van der Waals surface area contributed by atoms with Crippen LogP contribution in [0.1, 0.15) is 29.6 Å². The number of hydrogen-bond acceptors (Lipinski definition) is 7. The molecule has 11 heteroatoms. The minimum atomic E-state index is -1.14. The zero-order valence-electron chi connectivity index (χ0n) is 23.5. The number of aromatic nitrogens is 5. The summed E-state index contributed by atoms with van der Waals surface area (Å²) in [5.74, 6) is 1.59. The Bertz CT molecular complexity index is 1830. The number of likely N-dealkylation sites (tertiary alicyclic amines) is 1. The fraction of sp³-hybridized carbons (Fsp3) is 0.355. The van der Waals surface area contributed by atoms with Gasteiger partial charge >= 0.3 is 0 Å². The van der Waals surface area contributed by atoms with Crippen LogP contribution in [-0.4, -0.2) is 72.4 Å². The topological polar surface area (TPSA) is 124 Å². The van der Waals surface area contributed by atoms with E-state index < -0.39 is 12.2 Å². The van der Waals surface area contributed by atoms with E-state index in [4.69, 9.17) is 20.4 Å². The number of methoxy groups -OCH3 is 1. The lowest BCUT2D eigenvalue weighted by atomic mass is 10.0. The molecule has 2 fully saturated rings. The molecule has 2 atom stereocenters. The van der Waals surface area contributed by atoms with Gasteiger partial charge in [0.1, 0.15) is 28.8 Å². The summed E-state index contributed by atoms with van der Waals surface area (Å²) in [5.41, 5.74) is 10.9. The zero-order valence-corrected chi connectivity index (χ0v) is 23.5. The standard InChI is InChI=1S/C31H32FN7O3/c1-37-28-25(8-19(10-27(28)42-2)31(41)38-15-21(32)11-22(33)16-38)36-30(37)26-9-18-5-6-24(20-7-23(40)13-34-12-20)35-29(18)39(26)14-17-3-4-17/h5-10,12-13,17,21-22,40H,3-4,11,14-16,33H2,1-2H3/t21-,22-/m1/s1. The third kappa shape index (κ3) is 4.63. The SMILES string of the molecule is COc1cc(C(=O)N2C[C@H](N)C[C@@H](F)C2)cc2nc(-c3cc4ccc(-c5cncc(O)c5)nc4n3CC3CC3)n(C)c12. The second-order valence-corrected chi connectivity index (χ2v) is 11.5. The molecule has 0 unspecified atom stereocenters. The molecule has 0 bridgehead atoms. The highest BCUT2D eigenvalue weighted by molar-refractivity contribution is 6.00. The first-order valence-corrected chi connectivity index (χ1v) is 14.2. The molecule has 7 rings (SSSR count). The number of pyridine rings is 2. The predicted molar refractivity (Wildman–Crippen MR) is 157 cm³/mol. The van der Waals surface area contributed by atoms with Crippen LogP contribution in [0.25, 0.3) is 44.8 Å². The number of piperidine rings is 1. The molecule has 1 saturated heterocycles. The van der Waals surface area contributed by atoms with Gasteiger partial charge in [-0.3, -0.25) is 9.78 Å².